The minimum absolute atomic E-state index is 0.419. The Hall–Kier alpha value is -0.440. The summed E-state index contributed by atoms with van der Waals surface area (Å²) in [5.41, 5.74) is 0.885. The molecule has 0 spiro atoms. The molecule has 0 aromatic heterocycles. The van der Waals surface area contributed by atoms with E-state index in [1.807, 2.05) is 0 Å². The lowest BCUT2D eigenvalue weighted by Crippen LogP contribution is -2.09. The molecule has 3 unspecified atom stereocenters. The quantitative estimate of drug-likeness (QED) is 0.730. The van der Waals surface area contributed by atoms with Crippen LogP contribution in [0.5, 0.6) is 0 Å². The molecule has 92 valence electrons. The second-order valence-electron chi connectivity index (χ2n) is 5.30. The van der Waals surface area contributed by atoms with Crippen LogP contribution >= 0.6 is 15.9 Å². The summed E-state index contributed by atoms with van der Waals surface area (Å²) in [6.45, 7) is 0. The number of hydrogen-bond acceptors (Lipinski definition) is 0. The van der Waals surface area contributed by atoms with E-state index in [0.29, 0.717) is 4.83 Å². The first-order valence-corrected chi connectivity index (χ1v) is 7.16. The topological polar surface area (TPSA) is 0 Å². The van der Waals surface area contributed by atoms with Crippen LogP contribution in [0.2, 0.25) is 0 Å². The van der Waals surface area contributed by atoms with E-state index < -0.39 is 11.6 Å². The third-order valence-corrected chi connectivity index (χ3v) is 5.24. The summed E-state index contributed by atoms with van der Waals surface area (Å²) in [6.07, 6.45) is 4.88. The van der Waals surface area contributed by atoms with Crippen LogP contribution in [0.25, 0.3) is 0 Å². The van der Waals surface area contributed by atoms with Crippen LogP contribution < -0.4 is 0 Å². The van der Waals surface area contributed by atoms with Crippen LogP contribution in [0, 0.1) is 29.4 Å². The number of benzene rings is 1. The molecule has 1 aromatic carbocycles. The average Bonchev–Trinajstić information content (AvgIpc) is 2.78. The Balaban J connectivity index is 1.64. The Bertz CT molecular complexity index is 422. The van der Waals surface area contributed by atoms with Crippen molar-refractivity contribution in [2.24, 2.45) is 17.8 Å². The van der Waals surface area contributed by atoms with Crippen molar-refractivity contribution in [1.82, 2.24) is 0 Å². The predicted molar refractivity (Wildman–Crippen MR) is 67.1 cm³/mol. The van der Waals surface area contributed by atoms with Crippen molar-refractivity contribution in [3.8, 4) is 0 Å². The zero-order chi connectivity index (χ0) is 12.0. The van der Waals surface area contributed by atoms with Gasteiger partial charge in [-0.15, -0.1) is 0 Å². The zero-order valence-electron chi connectivity index (χ0n) is 9.50. The van der Waals surface area contributed by atoms with Gasteiger partial charge in [-0.05, 0) is 54.7 Å². The maximum Gasteiger partial charge on any atom is 0.159 e. The van der Waals surface area contributed by atoms with Gasteiger partial charge in [-0.2, -0.15) is 0 Å². The SMILES string of the molecule is Fc1ccc(CC(Br)C2C3CCCC32)cc1F. The molecule has 1 aromatic rings. The molecule has 17 heavy (non-hydrogen) atoms. The third kappa shape index (κ3) is 2.14. The van der Waals surface area contributed by atoms with Crippen molar-refractivity contribution >= 4 is 15.9 Å². The van der Waals surface area contributed by atoms with Crippen LogP contribution in [0.15, 0.2) is 18.2 Å². The number of hydrogen-bond donors (Lipinski definition) is 0. The van der Waals surface area contributed by atoms with Gasteiger partial charge in [0, 0.05) is 4.83 Å². The Morgan fingerprint density at radius 3 is 2.53 bits per heavy atom. The van der Waals surface area contributed by atoms with Gasteiger partial charge in [-0.25, -0.2) is 8.78 Å². The fraction of sp³-hybridized carbons (Fsp3) is 0.571. The number of fused-ring (bicyclic) bond motifs is 1. The Morgan fingerprint density at radius 2 is 1.88 bits per heavy atom. The van der Waals surface area contributed by atoms with Gasteiger partial charge in [-0.3, -0.25) is 0 Å². The predicted octanol–water partition coefficient (Wildman–Crippen LogP) is 4.32. The highest BCUT2D eigenvalue weighted by Crippen LogP contribution is 2.60. The molecule has 2 fully saturated rings. The molecule has 0 bridgehead atoms. The van der Waals surface area contributed by atoms with Crippen LogP contribution in [-0.2, 0) is 6.42 Å². The van der Waals surface area contributed by atoms with E-state index in [2.05, 4.69) is 15.9 Å². The fourth-order valence-electron chi connectivity index (χ4n) is 3.44. The van der Waals surface area contributed by atoms with Crippen molar-refractivity contribution in [3.63, 3.8) is 0 Å². The minimum Gasteiger partial charge on any atom is -0.204 e. The Morgan fingerprint density at radius 1 is 1.18 bits per heavy atom. The lowest BCUT2D eigenvalue weighted by molar-refractivity contribution is 0.505. The summed E-state index contributed by atoms with van der Waals surface area (Å²) in [6, 6.07) is 4.23. The first-order valence-electron chi connectivity index (χ1n) is 6.25. The van der Waals surface area contributed by atoms with Crippen LogP contribution in [0.1, 0.15) is 24.8 Å². The molecule has 3 rings (SSSR count). The maximum atomic E-state index is 13.1. The summed E-state index contributed by atoms with van der Waals surface area (Å²) in [5, 5.41) is 0. The van der Waals surface area contributed by atoms with Crippen LogP contribution in [0.4, 0.5) is 8.78 Å². The molecule has 3 atom stereocenters. The molecular weight excluding hydrogens is 286 g/mol. The second kappa shape index (κ2) is 4.34. The smallest absolute Gasteiger partial charge is 0.159 e. The van der Waals surface area contributed by atoms with Gasteiger partial charge in [0.15, 0.2) is 11.6 Å². The number of rotatable bonds is 3. The molecule has 3 heteroatoms. The summed E-state index contributed by atoms with van der Waals surface area (Å²) < 4.78 is 25.9. The maximum absolute atomic E-state index is 13.1. The normalized spacial score (nSPS) is 32.3. The van der Waals surface area contributed by atoms with E-state index in [4.69, 9.17) is 0 Å². The zero-order valence-corrected chi connectivity index (χ0v) is 11.1. The Kier molecular flexibility index (Phi) is 2.97. The molecule has 0 nitrogen and oxygen atoms in total. The van der Waals surface area contributed by atoms with Gasteiger partial charge < -0.3 is 0 Å². The minimum atomic E-state index is -0.761. The summed E-state index contributed by atoms with van der Waals surface area (Å²) >= 11 is 3.72. The molecule has 2 aliphatic rings. The second-order valence-corrected chi connectivity index (χ2v) is 6.48. The highest BCUT2D eigenvalue weighted by molar-refractivity contribution is 9.09. The monoisotopic (exact) mass is 300 g/mol. The largest absolute Gasteiger partial charge is 0.204 e. The van der Waals surface area contributed by atoms with E-state index >= 15 is 0 Å². The highest BCUT2D eigenvalue weighted by atomic mass is 79.9. The van der Waals surface area contributed by atoms with Crippen molar-refractivity contribution < 1.29 is 8.78 Å². The van der Waals surface area contributed by atoms with Gasteiger partial charge in [0.25, 0.3) is 0 Å². The third-order valence-electron chi connectivity index (χ3n) is 4.31. The first kappa shape index (κ1) is 11.6. The molecule has 2 saturated carbocycles. The van der Waals surface area contributed by atoms with Gasteiger partial charge in [0.2, 0.25) is 0 Å². The van der Waals surface area contributed by atoms with Gasteiger partial charge in [0.1, 0.15) is 0 Å². The molecule has 0 heterocycles. The summed E-state index contributed by atoms with van der Waals surface area (Å²) in [7, 11) is 0. The van der Waals surface area contributed by atoms with Crippen molar-refractivity contribution in [1.29, 1.82) is 0 Å². The molecule has 0 aliphatic heterocycles. The van der Waals surface area contributed by atoms with Crippen molar-refractivity contribution in [3.05, 3.63) is 35.4 Å². The Labute approximate surface area is 109 Å². The number of alkyl halides is 1. The van der Waals surface area contributed by atoms with Gasteiger partial charge in [0.05, 0.1) is 0 Å². The summed E-state index contributed by atoms with van der Waals surface area (Å²) in [5.74, 6) is 1.05. The van der Waals surface area contributed by atoms with Crippen LogP contribution in [0.3, 0.4) is 0 Å². The molecule has 0 radical (unpaired) electrons. The lowest BCUT2D eigenvalue weighted by Gasteiger charge is -2.12. The average molecular weight is 301 g/mol. The fourth-order valence-corrected chi connectivity index (χ4v) is 4.60. The van der Waals surface area contributed by atoms with Gasteiger partial charge in [-0.1, -0.05) is 28.4 Å². The number of halogens is 3. The van der Waals surface area contributed by atoms with Gasteiger partial charge >= 0.3 is 0 Å². The van der Waals surface area contributed by atoms with E-state index in [9.17, 15) is 8.78 Å². The highest BCUT2D eigenvalue weighted by Gasteiger charge is 2.54. The van der Waals surface area contributed by atoms with Crippen molar-refractivity contribution in [2.75, 3.05) is 0 Å². The molecule has 2 aliphatic carbocycles. The molecule has 0 N–H and O–H groups in total. The standard InChI is InChI=1S/C14H15BrF2/c15-11(14-9-2-1-3-10(9)14)6-8-4-5-12(16)13(17)7-8/h4-5,7,9-11,14H,1-3,6H2. The van der Waals surface area contributed by atoms with E-state index in [1.165, 1.54) is 31.4 Å². The summed E-state index contributed by atoms with van der Waals surface area (Å²) in [4.78, 5) is 0.419. The molecular formula is C14H15BrF2. The van der Waals surface area contributed by atoms with E-state index in [0.717, 1.165) is 29.7 Å². The first-order chi connectivity index (χ1) is 8.16. The van der Waals surface area contributed by atoms with E-state index in [1.54, 1.807) is 6.07 Å². The van der Waals surface area contributed by atoms with Crippen molar-refractivity contribution in [2.45, 2.75) is 30.5 Å². The molecule has 0 amide bonds. The lowest BCUT2D eigenvalue weighted by atomic mass is 10.0. The molecule has 0 saturated heterocycles. The van der Waals surface area contributed by atoms with E-state index in [-0.39, 0.29) is 0 Å². The van der Waals surface area contributed by atoms with Crippen LogP contribution in [-0.4, -0.2) is 4.83 Å².